The van der Waals surface area contributed by atoms with Gasteiger partial charge in [0.25, 0.3) is 0 Å². The van der Waals surface area contributed by atoms with E-state index in [0.29, 0.717) is 23.3 Å². The third-order valence-corrected chi connectivity index (χ3v) is 7.58. The third-order valence-electron chi connectivity index (χ3n) is 5.69. The number of ether oxygens (including phenoxy) is 2. The van der Waals surface area contributed by atoms with E-state index < -0.39 is 32.6 Å². The molecule has 0 spiro atoms. The average Bonchev–Trinajstić information content (AvgIpc) is 2.82. The van der Waals surface area contributed by atoms with Crippen molar-refractivity contribution in [3.63, 3.8) is 0 Å². The van der Waals surface area contributed by atoms with Crippen molar-refractivity contribution in [2.75, 3.05) is 39.3 Å². The topological polar surface area (TPSA) is 76.2 Å². The number of anilines is 1. The Bertz CT molecular complexity index is 1110. The van der Waals surface area contributed by atoms with Crippen molar-refractivity contribution in [3.05, 3.63) is 48.0 Å². The van der Waals surface area contributed by atoms with Crippen molar-refractivity contribution >= 4 is 21.6 Å². The maximum atomic E-state index is 13.0. The molecule has 3 rings (SSSR count). The van der Waals surface area contributed by atoms with Gasteiger partial charge in [0.1, 0.15) is 0 Å². The number of carbonyl (C=O) groups excluding carboxylic acids is 1. The Balaban J connectivity index is 1.70. The van der Waals surface area contributed by atoms with Crippen LogP contribution in [0, 0.1) is 5.92 Å². The highest BCUT2D eigenvalue weighted by molar-refractivity contribution is 7.89. The van der Waals surface area contributed by atoms with E-state index in [-0.39, 0.29) is 31.8 Å². The van der Waals surface area contributed by atoms with Crippen LogP contribution in [0.25, 0.3) is 0 Å². The monoisotopic (exact) mass is 486 g/mol. The van der Waals surface area contributed by atoms with Gasteiger partial charge in [-0.1, -0.05) is 6.07 Å². The predicted molar refractivity (Wildman–Crippen MR) is 116 cm³/mol. The van der Waals surface area contributed by atoms with E-state index in [1.165, 1.54) is 19.1 Å². The fourth-order valence-electron chi connectivity index (χ4n) is 3.76. The molecule has 2 aromatic rings. The van der Waals surface area contributed by atoms with Gasteiger partial charge in [0.2, 0.25) is 15.9 Å². The van der Waals surface area contributed by atoms with Gasteiger partial charge < -0.3 is 14.4 Å². The molecule has 2 aromatic carbocycles. The van der Waals surface area contributed by atoms with Gasteiger partial charge in [-0.25, -0.2) is 8.42 Å². The van der Waals surface area contributed by atoms with Crippen molar-refractivity contribution in [1.82, 2.24) is 4.31 Å². The van der Waals surface area contributed by atoms with E-state index in [0.717, 1.165) is 22.5 Å². The Labute approximate surface area is 190 Å². The van der Waals surface area contributed by atoms with Crippen LogP contribution in [-0.2, 0) is 21.0 Å². The lowest BCUT2D eigenvalue weighted by atomic mass is 9.96. The molecule has 1 fully saturated rings. The molecule has 0 aliphatic carbocycles. The molecule has 0 N–H and O–H groups in total. The summed E-state index contributed by atoms with van der Waals surface area (Å²) in [4.78, 5) is 14.1. The summed E-state index contributed by atoms with van der Waals surface area (Å²) in [5, 5.41) is 0. The van der Waals surface area contributed by atoms with E-state index >= 15 is 0 Å². The number of hydrogen-bond donors (Lipinski definition) is 0. The summed E-state index contributed by atoms with van der Waals surface area (Å²) in [5.74, 6) is 0.390. The van der Waals surface area contributed by atoms with Crippen LogP contribution in [0.4, 0.5) is 18.9 Å². The lowest BCUT2D eigenvalue weighted by Crippen LogP contribution is -2.43. The van der Waals surface area contributed by atoms with Gasteiger partial charge in [-0.05, 0) is 43.2 Å². The van der Waals surface area contributed by atoms with E-state index in [1.807, 2.05) is 0 Å². The molecule has 0 aromatic heterocycles. The first kappa shape index (κ1) is 24.8. The highest BCUT2D eigenvalue weighted by Gasteiger charge is 2.36. The summed E-state index contributed by atoms with van der Waals surface area (Å²) in [6.07, 6.45) is -4.12. The Morgan fingerprint density at radius 3 is 2.24 bits per heavy atom. The summed E-state index contributed by atoms with van der Waals surface area (Å²) in [5.41, 5.74) is -0.429. The number of benzene rings is 2. The second-order valence-corrected chi connectivity index (χ2v) is 9.58. The first-order valence-corrected chi connectivity index (χ1v) is 11.6. The predicted octanol–water partition coefficient (Wildman–Crippen LogP) is 3.79. The number of carbonyl (C=O) groups is 1. The van der Waals surface area contributed by atoms with Crippen molar-refractivity contribution < 1.29 is 35.9 Å². The number of amides is 1. The Morgan fingerprint density at radius 1 is 1.03 bits per heavy atom. The van der Waals surface area contributed by atoms with Crippen LogP contribution >= 0.6 is 0 Å². The third kappa shape index (κ3) is 5.25. The lowest BCUT2D eigenvalue weighted by molar-refractivity contribution is -0.137. The molecule has 1 saturated heterocycles. The molecule has 1 aliphatic rings. The molecule has 0 bridgehead atoms. The van der Waals surface area contributed by atoms with Gasteiger partial charge >= 0.3 is 6.18 Å². The standard InChI is InChI=1S/C22H25F3N2O5S/c1-26(17-7-8-19(31-2)20(14-17)32-3)21(28)15-9-11-27(12-10-15)33(29,30)18-6-4-5-16(13-18)22(23,24)25/h4-8,13-15H,9-12H2,1-3H3. The summed E-state index contributed by atoms with van der Waals surface area (Å²) in [6.45, 7) is 0.0729. The van der Waals surface area contributed by atoms with E-state index in [9.17, 15) is 26.4 Å². The molecular weight excluding hydrogens is 461 g/mol. The number of alkyl halides is 3. The maximum absolute atomic E-state index is 13.0. The van der Waals surface area contributed by atoms with Crippen molar-refractivity contribution in [1.29, 1.82) is 0 Å². The van der Waals surface area contributed by atoms with Crippen molar-refractivity contribution in [2.45, 2.75) is 23.9 Å². The van der Waals surface area contributed by atoms with E-state index in [4.69, 9.17) is 9.47 Å². The zero-order chi connectivity index (χ0) is 24.4. The number of sulfonamides is 1. The molecule has 7 nitrogen and oxygen atoms in total. The second-order valence-electron chi connectivity index (χ2n) is 7.64. The number of halogens is 3. The largest absolute Gasteiger partial charge is 0.493 e. The molecule has 0 radical (unpaired) electrons. The minimum Gasteiger partial charge on any atom is -0.493 e. The smallest absolute Gasteiger partial charge is 0.416 e. The van der Waals surface area contributed by atoms with Crippen LogP contribution in [0.5, 0.6) is 11.5 Å². The van der Waals surface area contributed by atoms with Gasteiger partial charge in [0.15, 0.2) is 11.5 Å². The van der Waals surface area contributed by atoms with Crippen LogP contribution < -0.4 is 14.4 Å². The zero-order valence-corrected chi connectivity index (χ0v) is 19.2. The summed E-state index contributed by atoms with van der Waals surface area (Å²) in [6, 6.07) is 8.75. The number of hydrogen-bond acceptors (Lipinski definition) is 5. The number of nitrogens with zero attached hydrogens (tertiary/aromatic N) is 2. The number of piperidine rings is 1. The first-order chi connectivity index (χ1) is 15.5. The van der Waals surface area contributed by atoms with Gasteiger partial charge in [-0.15, -0.1) is 0 Å². The molecule has 33 heavy (non-hydrogen) atoms. The Kier molecular flexibility index (Phi) is 7.23. The Hall–Kier alpha value is -2.79. The van der Waals surface area contributed by atoms with Crippen molar-refractivity contribution in [2.24, 2.45) is 5.92 Å². The average molecular weight is 487 g/mol. The number of rotatable bonds is 6. The zero-order valence-electron chi connectivity index (χ0n) is 18.4. The number of methoxy groups -OCH3 is 2. The first-order valence-electron chi connectivity index (χ1n) is 10.2. The molecule has 0 saturated carbocycles. The molecule has 0 atom stereocenters. The molecule has 1 amide bonds. The van der Waals surface area contributed by atoms with Crippen molar-refractivity contribution in [3.8, 4) is 11.5 Å². The SMILES string of the molecule is COc1ccc(N(C)C(=O)C2CCN(S(=O)(=O)c3cccc(C(F)(F)F)c3)CC2)cc1OC. The molecule has 11 heteroatoms. The van der Waals surface area contributed by atoms with Crippen LogP contribution in [0.2, 0.25) is 0 Å². The molecular formula is C22H25F3N2O5S. The van der Waals surface area contributed by atoms with E-state index in [2.05, 4.69) is 0 Å². The van der Waals surface area contributed by atoms with Crippen LogP contribution in [0.15, 0.2) is 47.4 Å². The van der Waals surface area contributed by atoms with E-state index in [1.54, 1.807) is 25.2 Å². The molecule has 1 aliphatic heterocycles. The maximum Gasteiger partial charge on any atom is 0.416 e. The molecule has 0 unspecified atom stereocenters. The van der Waals surface area contributed by atoms with Gasteiger partial charge in [0, 0.05) is 37.8 Å². The van der Waals surface area contributed by atoms with Crippen LogP contribution in [0.3, 0.4) is 0 Å². The normalized spacial score (nSPS) is 15.8. The van der Waals surface area contributed by atoms with Crippen LogP contribution in [0.1, 0.15) is 18.4 Å². The van der Waals surface area contributed by atoms with Gasteiger partial charge in [0.05, 0.1) is 24.7 Å². The highest BCUT2D eigenvalue weighted by atomic mass is 32.2. The minimum absolute atomic E-state index is 0.0365. The summed E-state index contributed by atoms with van der Waals surface area (Å²) < 4.78 is 76.3. The van der Waals surface area contributed by atoms with Gasteiger partial charge in [-0.3, -0.25) is 4.79 Å². The fraction of sp³-hybridized carbons (Fsp3) is 0.409. The highest BCUT2D eigenvalue weighted by Crippen LogP contribution is 2.34. The molecule has 180 valence electrons. The quantitative estimate of drug-likeness (QED) is 0.621. The Morgan fingerprint density at radius 2 is 1.67 bits per heavy atom. The summed E-state index contributed by atoms with van der Waals surface area (Å²) >= 11 is 0. The summed E-state index contributed by atoms with van der Waals surface area (Å²) in [7, 11) is 0.513. The van der Waals surface area contributed by atoms with Gasteiger partial charge in [-0.2, -0.15) is 17.5 Å². The second kappa shape index (κ2) is 9.60. The molecule has 1 heterocycles. The lowest BCUT2D eigenvalue weighted by Gasteiger charge is -2.32. The minimum atomic E-state index is -4.64. The fourth-order valence-corrected chi connectivity index (χ4v) is 5.28. The van der Waals surface area contributed by atoms with Crippen LogP contribution in [-0.4, -0.2) is 53.0 Å².